The fourth-order valence-corrected chi connectivity index (χ4v) is 2.28. The van der Waals surface area contributed by atoms with E-state index in [1.165, 1.54) is 0 Å². The SMILES string of the molecule is NCCNCCNCCNCCN1CC(Cl)CC1=O. The Hall–Kier alpha value is -0.400. The van der Waals surface area contributed by atoms with E-state index in [4.69, 9.17) is 17.3 Å². The zero-order valence-electron chi connectivity index (χ0n) is 11.5. The Morgan fingerprint density at radius 2 is 1.68 bits per heavy atom. The number of hydrogen-bond donors (Lipinski definition) is 4. The zero-order valence-corrected chi connectivity index (χ0v) is 12.2. The van der Waals surface area contributed by atoms with Gasteiger partial charge in [-0.15, -0.1) is 11.6 Å². The fourth-order valence-electron chi connectivity index (χ4n) is 1.98. The van der Waals surface area contributed by atoms with Gasteiger partial charge in [0.2, 0.25) is 5.91 Å². The third-order valence-electron chi connectivity index (χ3n) is 3.00. The predicted octanol–water partition coefficient (Wildman–Crippen LogP) is -1.45. The van der Waals surface area contributed by atoms with E-state index < -0.39 is 0 Å². The van der Waals surface area contributed by atoms with Crippen LogP contribution in [0, 0.1) is 0 Å². The molecule has 1 heterocycles. The van der Waals surface area contributed by atoms with Gasteiger partial charge >= 0.3 is 0 Å². The maximum absolute atomic E-state index is 11.5. The second kappa shape index (κ2) is 10.4. The van der Waals surface area contributed by atoms with Crippen molar-refractivity contribution in [1.82, 2.24) is 20.9 Å². The summed E-state index contributed by atoms with van der Waals surface area (Å²) >= 11 is 5.93. The van der Waals surface area contributed by atoms with Gasteiger partial charge in [-0.1, -0.05) is 0 Å². The predicted molar refractivity (Wildman–Crippen MR) is 78.5 cm³/mol. The van der Waals surface area contributed by atoms with Crippen molar-refractivity contribution < 1.29 is 4.79 Å². The molecule has 0 saturated carbocycles. The molecule has 0 aliphatic carbocycles. The van der Waals surface area contributed by atoms with Gasteiger partial charge in [0.1, 0.15) is 0 Å². The quantitative estimate of drug-likeness (QED) is 0.277. The molecule has 0 radical (unpaired) electrons. The first-order chi connectivity index (χ1) is 9.24. The Bertz CT molecular complexity index is 254. The lowest BCUT2D eigenvalue weighted by Crippen LogP contribution is -2.37. The lowest BCUT2D eigenvalue weighted by atomic mass is 10.4. The number of rotatable bonds is 11. The Kier molecular flexibility index (Phi) is 9.11. The summed E-state index contributed by atoms with van der Waals surface area (Å²) in [5, 5.41) is 9.85. The minimum Gasteiger partial charge on any atom is -0.340 e. The fraction of sp³-hybridized carbons (Fsp3) is 0.917. The molecule has 7 heteroatoms. The molecule has 1 aliphatic rings. The first kappa shape index (κ1) is 16.7. The highest BCUT2D eigenvalue weighted by molar-refractivity contribution is 6.22. The number of nitrogens with two attached hydrogens (primary N) is 1. The van der Waals surface area contributed by atoms with Crippen molar-refractivity contribution in [2.75, 3.05) is 58.9 Å². The van der Waals surface area contributed by atoms with Gasteiger partial charge in [0.15, 0.2) is 0 Å². The number of nitrogens with one attached hydrogen (secondary N) is 3. The molecule has 1 saturated heterocycles. The molecule has 1 aliphatic heterocycles. The standard InChI is InChI=1S/C12H26ClN5O/c13-11-9-12(19)18(10-11)8-7-17-6-5-16-4-3-15-2-1-14/h11,15-17H,1-10,14H2. The van der Waals surface area contributed by atoms with E-state index in [0.717, 1.165) is 45.8 Å². The van der Waals surface area contributed by atoms with Crippen molar-refractivity contribution in [3.05, 3.63) is 0 Å². The maximum Gasteiger partial charge on any atom is 0.224 e. The number of carbonyl (C=O) groups excluding carboxylic acids is 1. The van der Waals surface area contributed by atoms with Crippen molar-refractivity contribution >= 4 is 17.5 Å². The first-order valence-corrected chi connectivity index (χ1v) is 7.41. The number of alkyl halides is 1. The first-order valence-electron chi connectivity index (χ1n) is 6.98. The average molecular weight is 292 g/mol. The van der Waals surface area contributed by atoms with E-state index in [1.807, 2.05) is 4.90 Å². The number of likely N-dealkylation sites (tertiary alicyclic amines) is 1. The molecule has 1 amide bonds. The van der Waals surface area contributed by atoms with E-state index in [-0.39, 0.29) is 11.3 Å². The number of amides is 1. The summed E-state index contributed by atoms with van der Waals surface area (Å²) in [6.45, 7) is 7.53. The smallest absolute Gasteiger partial charge is 0.224 e. The summed E-state index contributed by atoms with van der Waals surface area (Å²) in [5.41, 5.74) is 5.37. The van der Waals surface area contributed by atoms with Crippen LogP contribution in [0.3, 0.4) is 0 Å². The van der Waals surface area contributed by atoms with Crippen LogP contribution in [0.15, 0.2) is 0 Å². The van der Waals surface area contributed by atoms with E-state index >= 15 is 0 Å². The molecule has 1 fully saturated rings. The normalized spacial score (nSPS) is 19.4. The lowest BCUT2D eigenvalue weighted by Gasteiger charge is -2.16. The molecule has 6 nitrogen and oxygen atoms in total. The van der Waals surface area contributed by atoms with E-state index in [0.29, 0.717) is 19.5 Å². The van der Waals surface area contributed by atoms with Crippen LogP contribution in [0.1, 0.15) is 6.42 Å². The summed E-state index contributed by atoms with van der Waals surface area (Å²) < 4.78 is 0. The molecule has 19 heavy (non-hydrogen) atoms. The number of hydrogen-bond acceptors (Lipinski definition) is 5. The van der Waals surface area contributed by atoms with Crippen molar-refractivity contribution in [2.45, 2.75) is 11.8 Å². The van der Waals surface area contributed by atoms with Crippen LogP contribution in [0.2, 0.25) is 0 Å². The maximum atomic E-state index is 11.5. The van der Waals surface area contributed by atoms with Gasteiger partial charge in [0.25, 0.3) is 0 Å². The van der Waals surface area contributed by atoms with Gasteiger partial charge in [0.05, 0.1) is 5.38 Å². The molecule has 1 rings (SSSR count). The lowest BCUT2D eigenvalue weighted by molar-refractivity contribution is -0.127. The minimum absolute atomic E-state index is 0.00446. The Labute approximate surface area is 120 Å². The van der Waals surface area contributed by atoms with Gasteiger partial charge in [-0.2, -0.15) is 0 Å². The van der Waals surface area contributed by atoms with Crippen molar-refractivity contribution in [3.8, 4) is 0 Å². The van der Waals surface area contributed by atoms with Gasteiger partial charge in [-0.25, -0.2) is 0 Å². The van der Waals surface area contributed by atoms with Crippen LogP contribution in [-0.4, -0.2) is 75.1 Å². The van der Waals surface area contributed by atoms with Crippen molar-refractivity contribution in [1.29, 1.82) is 0 Å². The van der Waals surface area contributed by atoms with Gasteiger partial charge in [-0.3, -0.25) is 4.79 Å². The van der Waals surface area contributed by atoms with Crippen LogP contribution >= 0.6 is 11.6 Å². The third-order valence-corrected chi connectivity index (χ3v) is 3.30. The monoisotopic (exact) mass is 291 g/mol. The summed E-state index contributed by atoms with van der Waals surface area (Å²) in [4.78, 5) is 13.3. The van der Waals surface area contributed by atoms with Gasteiger partial charge in [-0.05, 0) is 0 Å². The Balaban J connectivity index is 1.82. The van der Waals surface area contributed by atoms with Gasteiger partial charge < -0.3 is 26.6 Å². The second-order valence-electron chi connectivity index (χ2n) is 4.68. The molecule has 0 bridgehead atoms. The molecule has 1 unspecified atom stereocenters. The summed E-state index contributed by atoms with van der Waals surface area (Å²) in [6.07, 6.45) is 0.485. The number of halogens is 1. The molecular formula is C12H26ClN5O. The number of nitrogens with zero attached hydrogens (tertiary/aromatic N) is 1. The third kappa shape index (κ3) is 7.69. The largest absolute Gasteiger partial charge is 0.340 e. The van der Waals surface area contributed by atoms with Crippen LogP contribution in [0.5, 0.6) is 0 Å². The Morgan fingerprint density at radius 3 is 2.21 bits per heavy atom. The Morgan fingerprint density at radius 1 is 1.11 bits per heavy atom. The highest BCUT2D eigenvalue weighted by Gasteiger charge is 2.27. The van der Waals surface area contributed by atoms with E-state index in [2.05, 4.69) is 16.0 Å². The molecule has 0 aromatic carbocycles. The molecule has 0 aromatic heterocycles. The van der Waals surface area contributed by atoms with Crippen molar-refractivity contribution in [2.24, 2.45) is 5.73 Å². The van der Waals surface area contributed by atoms with E-state index in [1.54, 1.807) is 0 Å². The molecule has 1 atom stereocenters. The zero-order chi connectivity index (χ0) is 13.9. The molecule has 0 aromatic rings. The summed E-state index contributed by atoms with van der Waals surface area (Å²) in [7, 11) is 0. The molecule has 5 N–H and O–H groups in total. The molecular weight excluding hydrogens is 266 g/mol. The van der Waals surface area contributed by atoms with Crippen LogP contribution < -0.4 is 21.7 Å². The van der Waals surface area contributed by atoms with Gasteiger partial charge in [0, 0.05) is 65.3 Å². The topological polar surface area (TPSA) is 82.4 Å². The average Bonchev–Trinajstić information content (AvgIpc) is 2.70. The van der Waals surface area contributed by atoms with Crippen LogP contribution in [0.25, 0.3) is 0 Å². The van der Waals surface area contributed by atoms with Crippen molar-refractivity contribution in [3.63, 3.8) is 0 Å². The highest BCUT2D eigenvalue weighted by atomic mass is 35.5. The highest BCUT2D eigenvalue weighted by Crippen LogP contribution is 2.15. The second-order valence-corrected chi connectivity index (χ2v) is 5.30. The minimum atomic E-state index is -0.00446. The molecule has 0 spiro atoms. The van der Waals surface area contributed by atoms with E-state index in [9.17, 15) is 4.79 Å². The number of carbonyl (C=O) groups is 1. The summed E-state index contributed by atoms with van der Waals surface area (Å²) in [5.74, 6) is 0.172. The van der Waals surface area contributed by atoms with Crippen LogP contribution in [0.4, 0.5) is 0 Å². The summed E-state index contributed by atoms with van der Waals surface area (Å²) in [6, 6.07) is 0. The molecule has 112 valence electrons. The van der Waals surface area contributed by atoms with Crippen LogP contribution in [-0.2, 0) is 4.79 Å².